The van der Waals surface area contributed by atoms with Crippen molar-refractivity contribution in [1.29, 1.82) is 0 Å². The van der Waals surface area contributed by atoms with Gasteiger partial charge in [0.2, 0.25) is 11.6 Å². The molecule has 0 saturated heterocycles. The van der Waals surface area contributed by atoms with Crippen molar-refractivity contribution in [3.63, 3.8) is 0 Å². The minimum Gasteiger partial charge on any atom is -0.507 e. The smallest absolute Gasteiger partial charge is 0.310 e. The zero-order valence-electron chi connectivity index (χ0n) is 24.7. The van der Waals surface area contributed by atoms with Crippen LogP contribution in [0.15, 0.2) is 22.8 Å². The van der Waals surface area contributed by atoms with Gasteiger partial charge in [0, 0.05) is 22.0 Å². The normalized spacial score (nSPS) is 28.2. The highest BCUT2D eigenvalue weighted by Crippen LogP contribution is 2.62. The zero-order chi connectivity index (χ0) is 30.2. The van der Waals surface area contributed by atoms with Gasteiger partial charge in [-0.2, -0.15) is 0 Å². The fourth-order valence-electron chi connectivity index (χ4n) is 7.18. The predicted octanol–water partition coefficient (Wildman–Crippen LogP) is 4.51. The molecule has 8 heteroatoms. The summed E-state index contributed by atoms with van der Waals surface area (Å²) >= 11 is 0. The Balaban J connectivity index is 1.88. The molecule has 3 N–H and O–H groups in total. The Hall–Kier alpha value is -3.26. The molecule has 3 aliphatic rings. The number of ether oxygens (including phenoxy) is 1. The van der Waals surface area contributed by atoms with Crippen molar-refractivity contribution < 1.29 is 39.2 Å². The van der Waals surface area contributed by atoms with E-state index in [9.17, 15) is 34.5 Å². The second-order valence-corrected chi connectivity index (χ2v) is 13.6. The topological polar surface area (TPSA) is 138 Å². The number of esters is 1. The number of Topliss-reactive ketones (excluding diaryl/α,β-unsaturated/α-hetero) is 3. The molecule has 1 aromatic carbocycles. The SMILES string of the molecule is CCc1cc(CC(=O)OCC(C)(C)C)c(O)c2c1C[C@]1(C)C[C@]3(C)CC(C)=C(C(C)=O)C(=O)[C@]3(O)C(=O)C1=C2O. The van der Waals surface area contributed by atoms with Crippen LogP contribution in [0.1, 0.15) is 90.5 Å². The number of aliphatic hydroxyl groups is 2. The Morgan fingerprint density at radius 2 is 1.68 bits per heavy atom. The van der Waals surface area contributed by atoms with Crippen LogP contribution in [0.25, 0.3) is 5.76 Å². The summed E-state index contributed by atoms with van der Waals surface area (Å²) in [6, 6.07) is 1.74. The number of aliphatic hydroxyl groups excluding tert-OH is 1. The van der Waals surface area contributed by atoms with Gasteiger partial charge in [-0.05, 0) is 56.1 Å². The first-order valence-corrected chi connectivity index (χ1v) is 13.8. The standard InChI is InChI=1S/C32H40O8/c1-9-18-10-19(11-21(34)40-15-29(4,5)6)25(35)23-20(18)13-30(7)14-31(8)12-16(2)22(17(3)33)27(37)32(31,39)28(38)24(30)26(23)36/h10,35-36,39H,9,11-15H2,1-8H3/t30-,31+,32+/m1/s1. The quantitative estimate of drug-likeness (QED) is 0.276. The lowest BCUT2D eigenvalue weighted by Gasteiger charge is -2.56. The summed E-state index contributed by atoms with van der Waals surface area (Å²) in [4.78, 5) is 52.7. The molecule has 3 atom stereocenters. The molecule has 0 aromatic heterocycles. The number of hydrogen-bond acceptors (Lipinski definition) is 8. The van der Waals surface area contributed by atoms with Gasteiger partial charge in [0.25, 0.3) is 0 Å². The molecule has 0 aliphatic heterocycles. The van der Waals surface area contributed by atoms with E-state index in [1.165, 1.54) is 6.92 Å². The van der Waals surface area contributed by atoms with E-state index in [0.717, 1.165) is 5.56 Å². The number of phenols is 1. The number of allylic oxidation sites excluding steroid dienone is 1. The summed E-state index contributed by atoms with van der Waals surface area (Å²) in [5.41, 5.74) is -2.95. The Bertz CT molecular complexity index is 1420. The molecular weight excluding hydrogens is 512 g/mol. The second kappa shape index (κ2) is 9.40. The fourth-order valence-corrected chi connectivity index (χ4v) is 7.18. The summed E-state index contributed by atoms with van der Waals surface area (Å²) in [6.07, 6.45) is 0.959. The van der Waals surface area contributed by atoms with Crippen molar-refractivity contribution in [3.05, 3.63) is 45.0 Å². The third-order valence-corrected chi connectivity index (χ3v) is 8.80. The number of aromatic hydroxyl groups is 1. The van der Waals surface area contributed by atoms with E-state index in [-0.39, 0.29) is 65.7 Å². The first kappa shape index (κ1) is 29.7. The van der Waals surface area contributed by atoms with Gasteiger partial charge >= 0.3 is 5.97 Å². The molecule has 0 amide bonds. The third-order valence-electron chi connectivity index (χ3n) is 8.80. The van der Waals surface area contributed by atoms with Crippen LogP contribution >= 0.6 is 0 Å². The molecule has 1 fully saturated rings. The van der Waals surface area contributed by atoms with Gasteiger partial charge in [-0.3, -0.25) is 19.2 Å². The van der Waals surface area contributed by atoms with Crippen LogP contribution in [0.2, 0.25) is 0 Å². The first-order chi connectivity index (χ1) is 18.3. The average Bonchev–Trinajstić information content (AvgIpc) is 2.81. The predicted molar refractivity (Wildman–Crippen MR) is 149 cm³/mol. The number of aryl methyl sites for hydroxylation is 1. The lowest BCUT2D eigenvalue weighted by atomic mass is 9.46. The molecule has 0 radical (unpaired) electrons. The molecule has 3 aliphatic carbocycles. The maximum absolute atomic E-state index is 14.2. The van der Waals surface area contributed by atoms with Crippen molar-refractivity contribution in [2.24, 2.45) is 16.2 Å². The number of rotatable bonds is 5. The molecule has 0 heterocycles. The second-order valence-electron chi connectivity index (χ2n) is 13.6. The summed E-state index contributed by atoms with van der Waals surface area (Å²) in [6.45, 7) is 14.3. The molecule has 0 spiro atoms. The van der Waals surface area contributed by atoms with Crippen LogP contribution < -0.4 is 0 Å². The maximum Gasteiger partial charge on any atom is 0.310 e. The first-order valence-electron chi connectivity index (χ1n) is 13.8. The molecule has 0 bridgehead atoms. The number of ketones is 3. The van der Waals surface area contributed by atoms with Gasteiger partial charge in [0.15, 0.2) is 11.4 Å². The van der Waals surface area contributed by atoms with E-state index in [2.05, 4.69) is 0 Å². The van der Waals surface area contributed by atoms with Crippen molar-refractivity contribution >= 4 is 29.1 Å². The summed E-state index contributed by atoms with van der Waals surface area (Å²) in [7, 11) is 0. The summed E-state index contributed by atoms with van der Waals surface area (Å²) in [5, 5.41) is 34.8. The van der Waals surface area contributed by atoms with Gasteiger partial charge in [-0.25, -0.2) is 0 Å². The monoisotopic (exact) mass is 552 g/mol. The maximum atomic E-state index is 14.2. The van der Waals surface area contributed by atoms with Crippen LogP contribution in [-0.4, -0.2) is 50.8 Å². The Kier molecular flexibility index (Phi) is 6.98. The molecule has 216 valence electrons. The number of phenolic OH excluding ortho intramolecular Hbond substituents is 1. The van der Waals surface area contributed by atoms with E-state index in [0.29, 0.717) is 17.6 Å². The average molecular weight is 553 g/mol. The molecule has 40 heavy (non-hydrogen) atoms. The molecule has 1 saturated carbocycles. The lowest BCUT2D eigenvalue weighted by molar-refractivity contribution is -0.171. The van der Waals surface area contributed by atoms with Crippen LogP contribution in [0.5, 0.6) is 5.75 Å². The van der Waals surface area contributed by atoms with Gasteiger partial charge in [-0.15, -0.1) is 0 Å². The van der Waals surface area contributed by atoms with Crippen LogP contribution in [-0.2, 0) is 43.2 Å². The van der Waals surface area contributed by atoms with Crippen LogP contribution in [0, 0.1) is 16.2 Å². The zero-order valence-corrected chi connectivity index (χ0v) is 24.7. The highest BCUT2D eigenvalue weighted by atomic mass is 16.5. The fraction of sp³-hybridized carbons (Fsp3) is 0.562. The van der Waals surface area contributed by atoms with Crippen LogP contribution in [0.4, 0.5) is 0 Å². The van der Waals surface area contributed by atoms with E-state index in [4.69, 9.17) is 4.74 Å². The molecule has 4 rings (SSSR count). The van der Waals surface area contributed by atoms with Crippen molar-refractivity contribution in [1.82, 2.24) is 0 Å². The molecule has 0 unspecified atom stereocenters. The highest BCUT2D eigenvalue weighted by molar-refractivity contribution is 6.33. The number of fused-ring (bicyclic) bond motifs is 3. The number of carbonyl (C=O) groups excluding carboxylic acids is 4. The van der Waals surface area contributed by atoms with Crippen molar-refractivity contribution in [2.45, 2.75) is 93.1 Å². The minimum atomic E-state index is -2.54. The summed E-state index contributed by atoms with van der Waals surface area (Å²) < 4.78 is 5.38. The van der Waals surface area contributed by atoms with E-state index in [1.54, 1.807) is 19.9 Å². The molecular formula is C32H40O8. The van der Waals surface area contributed by atoms with Gasteiger partial charge in [0.05, 0.1) is 24.2 Å². The van der Waals surface area contributed by atoms with Gasteiger partial charge < -0.3 is 20.1 Å². The number of hydrogen-bond donors (Lipinski definition) is 3. The highest BCUT2D eigenvalue weighted by Gasteiger charge is 2.69. The van der Waals surface area contributed by atoms with Crippen LogP contribution in [0.3, 0.4) is 0 Å². The van der Waals surface area contributed by atoms with Gasteiger partial charge in [0.1, 0.15) is 11.5 Å². The van der Waals surface area contributed by atoms with Crippen molar-refractivity contribution in [2.75, 3.05) is 6.61 Å². The van der Waals surface area contributed by atoms with Gasteiger partial charge in [-0.1, -0.05) is 53.2 Å². The van der Waals surface area contributed by atoms with E-state index < -0.39 is 45.5 Å². The Morgan fingerprint density at radius 1 is 1.05 bits per heavy atom. The number of carbonyl (C=O) groups is 4. The van der Waals surface area contributed by atoms with E-state index >= 15 is 0 Å². The Labute approximate surface area is 235 Å². The molecule has 8 nitrogen and oxygen atoms in total. The molecule has 1 aromatic rings. The minimum absolute atomic E-state index is 0.0350. The van der Waals surface area contributed by atoms with E-state index in [1.807, 2.05) is 34.6 Å². The summed E-state index contributed by atoms with van der Waals surface area (Å²) in [5.74, 6) is -3.81. The largest absolute Gasteiger partial charge is 0.507 e. The third kappa shape index (κ3) is 4.31. The van der Waals surface area contributed by atoms with Crippen molar-refractivity contribution in [3.8, 4) is 5.75 Å². The Morgan fingerprint density at radius 3 is 2.23 bits per heavy atom. The number of benzene rings is 1. The lowest BCUT2D eigenvalue weighted by Crippen LogP contribution is -2.67.